The first-order chi connectivity index (χ1) is 11.4. The Hall–Kier alpha value is -2.10. The van der Waals surface area contributed by atoms with Crippen LogP contribution in [0.15, 0.2) is 36.0 Å². The fraction of sp³-hybridized carbons (Fsp3) is 0.500. The quantitative estimate of drug-likeness (QED) is 0.929. The average Bonchev–Trinajstić information content (AvgIpc) is 2.50. The third-order valence-corrected chi connectivity index (χ3v) is 5.00. The van der Waals surface area contributed by atoms with Crippen LogP contribution in [0.5, 0.6) is 0 Å². The third kappa shape index (κ3) is 3.53. The van der Waals surface area contributed by atoms with Crippen molar-refractivity contribution in [1.29, 1.82) is 0 Å². The molecule has 2 aliphatic rings. The first-order valence-electron chi connectivity index (χ1n) is 8.68. The monoisotopic (exact) mass is 326 g/mol. The molecule has 0 radical (unpaired) electrons. The van der Waals surface area contributed by atoms with E-state index in [4.69, 9.17) is 0 Å². The van der Waals surface area contributed by atoms with Crippen molar-refractivity contribution < 1.29 is 9.59 Å². The van der Waals surface area contributed by atoms with Crippen molar-refractivity contribution in [2.24, 2.45) is 5.41 Å². The number of benzene rings is 1. The van der Waals surface area contributed by atoms with E-state index in [9.17, 15) is 9.59 Å². The molecular weight excluding hydrogens is 300 g/mol. The normalized spacial score (nSPS) is 22.6. The molecular formula is C20H26N2O2. The molecule has 1 heterocycles. The Labute approximate surface area is 143 Å². The summed E-state index contributed by atoms with van der Waals surface area (Å²) in [7, 11) is 0. The summed E-state index contributed by atoms with van der Waals surface area (Å²) in [5.41, 5.74) is 3.52. The Kier molecular flexibility index (Phi) is 4.48. The molecule has 4 heteroatoms. The molecule has 1 amide bonds. The van der Waals surface area contributed by atoms with Crippen LogP contribution in [0.3, 0.4) is 0 Å². The molecule has 1 atom stereocenters. The summed E-state index contributed by atoms with van der Waals surface area (Å²) in [6.07, 6.45) is 4.11. The number of nitrogens with one attached hydrogen (secondary N) is 1. The van der Waals surface area contributed by atoms with Gasteiger partial charge in [-0.25, -0.2) is 0 Å². The maximum Gasteiger partial charge on any atom is 0.220 e. The zero-order chi connectivity index (χ0) is 17.3. The van der Waals surface area contributed by atoms with Crippen molar-refractivity contribution in [3.63, 3.8) is 0 Å². The third-order valence-electron chi connectivity index (χ3n) is 5.00. The Morgan fingerprint density at radius 2 is 2.04 bits per heavy atom. The molecule has 128 valence electrons. The van der Waals surface area contributed by atoms with Crippen molar-refractivity contribution in [2.75, 3.05) is 13.1 Å². The first-order valence-corrected chi connectivity index (χ1v) is 8.68. The van der Waals surface area contributed by atoms with E-state index >= 15 is 0 Å². The van der Waals surface area contributed by atoms with E-state index in [1.807, 2.05) is 11.0 Å². The molecule has 1 aromatic carbocycles. The number of carbonyl (C=O) groups is 2. The minimum absolute atomic E-state index is 0.00109. The van der Waals surface area contributed by atoms with Crippen LogP contribution in [-0.4, -0.2) is 29.7 Å². The number of hydrogen-bond acceptors (Lipinski definition) is 3. The van der Waals surface area contributed by atoms with Gasteiger partial charge in [0.05, 0.1) is 6.04 Å². The van der Waals surface area contributed by atoms with Crippen molar-refractivity contribution in [3.8, 4) is 0 Å². The minimum atomic E-state index is -0.00109. The zero-order valence-electron chi connectivity index (χ0n) is 14.8. The minimum Gasteiger partial charge on any atom is -0.386 e. The summed E-state index contributed by atoms with van der Waals surface area (Å²) in [5, 5.41) is 3.45. The average molecular weight is 326 g/mol. The Balaban J connectivity index is 1.79. The van der Waals surface area contributed by atoms with Gasteiger partial charge < -0.3 is 10.2 Å². The van der Waals surface area contributed by atoms with Gasteiger partial charge >= 0.3 is 0 Å². The Morgan fingerprint density at radius 3 is 2.75 bits per heavy atom. The first kappa shape index (κ1) is 16.7. The summed E-state index contributed by atoms with van der Waals surface area (Å²) < 4.78 is 0. The maximum absolute atomic E-state index is 12.1. The second-order valence-corrected chi connectivity index (χ2v) is 7.71. The van der Waals surface area contributed by atoms with Crippen molar-refractivity contribution in [2.45, 2.75) is 46.1 Å². The van der Waals surface area contributed by atoms with E-state index in [1.165, 1.54) is 11.1 Å². The number of hydrogen-bond donors (Lipinski definition) is 1. The lowest BCUT2D eigenvalue weighted by atomic mass is 9.79. The number of fused-ring (bicyclic) bond motifs is 1. The number of allylic oxidation sites excluding steroid dienone is 2. The topological polar surface area (TPSA) is 49.4 Å². The van der Waals surface area contributed by atoms with Gasteiger partial charge in [0.1, 0.15) is 0 Å². The standard InChI is InChI=1S/C20H26N2O2/c1-14(23)22-9-8-15-6-4-5-7-18(15)19(22)13-21-16-10-17(24)12-20(2,3)11-16/h4-7,10,19,21H,8-9,11-13H2,1-3H3/t19-/m1/s1. The lowest BCUT2D eigenvalue weighted by Crippen LogP contribution is -2.43. The lowest BCUT2D eigenvalue weighted by Gasteiger charge is -2.38. The van der Waals surface area contributed by atoms with Crippen LogP contribution in [-0.2, 0) is 16.0 Å². The summed E-state index contributed by atoms with van der Waals surface area (Å²) in [4.78, 5) is 25.9. The van der Waals surface area contributed by atoms with Gasteiger partial charge in [0.2, 0.25) is 5.91 Å². The number of rotatable bonds is 3. The van der Waals surface area contributed by atoms with Gasteiger partial charge in [0.25, 0.3) is 0 Å². The summed E-state index contributed by atoms with van der Waals surface area (Å²) in [6, 6.07) is 8.36. The summed E-state index contributed by atoms with van der Waals surface area (Å²) >= 11 is 0. The van der Waals surface area contributed by atoms with Gasteiger partial charge in [-0.2, -0.15) is 0 Å². The molecule has 1 aliphatic heterocycles. The molecule has 3 rings (SSSR count). The molecule has 0 fully saturated rings. The van der Waals surface area contributed by atoms with Crippen LogP contribution in [0.1, 0.15) is 50.8 Å². The lowest BCUT2D eigenvalue weighted by molar-refractivity contribution is -0.131. The van der Waals surface area contributed by atoms with Crippen LogP contribution >= 0.6 is 0 Å². The highest BCUT2D eigenvalue weighted by atomic mass is 16.2. The van der Waals surface area contributed by atoms with E-state index in [2.05, 4.69) is 37.4 Å². The van der Waals surface area contributed by atoms with E-state index in [0.29, 0.717) is 13.0 Å². The number of nitrogens with zero attached hydrogens (tertiary/aromatic N) is 1. The van der Waals surface area contributed by atoms with Gasteiger partial charge in [-0.1, -0.05) is 38.1 Å². The predicted octanol–water partition coefficient (Wildman–Crippen LogP) is 2.99. The van der Waals surface area contributed by atoms with Gasteiger partial charge in [-0.05, 0) is 29.4 Å². The van der Waals surface area contributed by atoms with Crippen LogP contribution in [0, 0.1) is 5.41 Å². The molecule has 1 aliphatic carbocycles. The van der Waals surface area contributed by atoms with Gasteiger partial charge in [-0.15, -0.1) is 0 Å². The van der Waals surface area contributed by atoms with E-state index in [1.54, 1.807) is 13.0 Å². The maximum atomic E-state index is 12.1. The number of amides is 1. The van der Waals surface area contributed by atoms with Crippen LogP contribution in [0.25, 0.3) is 0 Å². The predicted molar refractivity (Wildman–Crippen MR) is 94.4 cm³/mol. The van der Waals surface area contributed by atoms with Crippen molar-refractivity contribution >= 4 is 11.7 Å². The van der Waals surface area contributed by atoms with Crippen LogP contribution in [0.2, 0.25) is 0 Å². The largest absolute Gasteiger partial charge is 0.386 e. The molecule has 0 aromatic heterocycles. The Bertz CT molecular complexity index is 691. The molecule has 0 saturated heterocycles. The molecule has 1 N–H and O–H groups in total. The zero-order valence-corrected chi connectivity index (χ0v) is 14.8. The molecule has 0 spiro atoms. The number of ketones is 1. The van der Waals surface area contributed by atoms with E-state index < -0.39 is 0 Å². The van der Waals surface area contributed by atoms with Crippen molar-refractivity contribution in [1.82, 2.24) is 10.2 Å². The summed E-state index contributed by atoms with van der Waals surface area (Å²) in [5.74, 6) is 0.284. The van der Waals surface area contributed by atoms with Gasteiger partial charge in [0.15, 0.2) is 5.78 Å². The fourth-order valence-corrected chi connectivity index (χ4v) is 3.94. The molecule has 0 unspecified atom stereocenters. The second-order valence-electron chi connectivity index (χ2n) is 7.71. The smallest absolute Gasteiger partial charge is 0.220 e. The summed E-state index contributed by atoms with van der Waals surface area (Å²) in [6.45, 7) is 7.27. The second kappa shape index (κ2) is 6.42. The molecule has 1 aromatic rings. The van der Waals surface area contributed by atoms with E-state index in [-0.39, 0.29) is 23.1 Å². The highest BCUT2D eigenvalue weighted by Gasteiger charge is 2.31. The van der Waals surface area contributed by atoms with Gasteiger partial charge in [0, 0.05) is 38.2 Å². The molecule has 4 nitrogen and oxygen atoms in total. The van der Waals surface area contributed by atoms with Crippen LogP contribution in [0.4, 0.5) is 0 Å². The van der Waals surface area contributed by atoms with Crippen LogP contribution < -0.4 is 5.32 Å². The highest BCUT2D eigenvalue weighted by molar-refractivity contribution is 5.91. The molecule has 0 bridgehead atoms. The van der Waals surface area contributed by atoms with Gasteiger partial charge in [-0.3, -0.25) is 9.59 Å². The van der Waals surface area contributed by atoms with Crippen molar-refractivity contribution in [3.05, 3.63) is 47.2 Å². The number of carbonyl (C=O) groups excluding carboxylic acids is 2. The molecule has 0 saturated carbocycles. The fourth-order valence-electron chi connectivity index (χ4n) is 3.94. The Morgan fingerprint density at radius 1 is 1.29 bits per heavy atom. The SMILES string of the molecule is CC(=O)N1CCc2ccccc2[C@H]1CNC1=CC(=O)CC(C)(C)C1. The molecule has 24 heavy (non-hydrogen) atoms. The highest BCUT2D eigenvalue weighted by Crippen LogP contribution is 2.34. The van der Waals surface area contributed by atoms with E-state index in [0.717, 1.165) is 25.1 Å².